The average molecular weight is 422 g/mol. The van der Waals surface area contributed by atoms with Gasteiger partial charge in [-0.2, -0.15) is 0 Å². The molecule has 1 aliphatic rings. The van der Waals surface area contributed by atoms with E-state index in [0.717, 1.165) is 35.9 Å². The number of aryl methyl sites for hydroxylation is 1. The summed E-state index contributed by atoms with van der Waals surface area (Å²) in [7, 11) is 0. The lowest BCUT2D eigenvalue weighted by molar-refractivity contribution is -0.126. The smallest absolute Gasteiger partial charge is 0.270 e. The fraction of sp³-hybridized carbons (Fsp3) is 0.250. The van der Waals surface area contributed by atoms with E-state index >= 15 is 0 Å². The molecule has 0 atom stereocenters. The largest absolute Gasteiger partial charge is 0.347 e. The molecular weight excluding hydrogens is 398 g/mol. The maximum absolute atomic E-state index is 13.2. The Hall–Kier alpha value is -3.05. The van der Waals surface area contributed by atoms with Crippen LogP contribution in [0.5, 0.6) is 0 Å². The number of fused-ring (bicyclic) bond motifs is 1. The van der Waals surface area contributed by atoms with Gasteiger partial charge in [0.05, 0.1) is 10.6 Å². The number of aromatic nitrogens is 1. The van der Waals surface area contributed by atoms with Crippen molar-refractivity contribution in [3.63, 3.8) is 0 Å². The molecule has 5 nitrogen and oxygen atoms in total. The van der Waals surface area contributed by atoms with E-state index in [1.165, 1.54) is 0 Å². The van der Waals surface area contributed by atoms with Crippen LogP contribution in [0.3, 0.4) is 0 Å². The number of carbonyl (C=O) groups is 2. The Morgan fingerprint density at radius 2 is 1.77 bits per heavy atom. The Morgan fingerprint density at radius 3 is 2.50 bits per heavy atom. The summed E-state index contributed by atoms with van der Waals surface area (Å²) in [4.78, 5) is 27.9. The van der Waals surface area contributed by atoms with Crippen molar-refractivity contribution in [2.24, 2.45) is 0 Å². The molecule has 1 N–H and O–H groups in total. The summed E-state index contributed by atoms with van der Waals surface area (Å²) in [5, 5.41) is 4.22. The second-order valence-corrected chi connectivity index (χ2v) is 7.79. The molecule has 6 heteroatoms. The number of hydrogen-bond donors (Lipinski definition) is 1. The van der Waals surface area contributed by atoms with Gasteiger partial charge in [0, 0.05) is 42.3 Å². The molecule has 0 spiro atoms. The van der Waals surface area contributed by atoms with Crippen molar-refractivity contribution in [2.75, 3.05) is 13.1 Å². The standard InChI is InChI=1S/C24H24ClN3O2/c1-2-27-16-17(18-9-4-6-12-22(18)27)15-21(24(30)28-13-7-8-14-28)26-23(29)19-10-3-5-11-20(19)25/h3-6,9-12,15-16H,2,7-8,13-14H2,1H3,(H,26,29). The molecule has 0 unspecified atom stereocenters. The van der Waals surface area contributed by atoms with Crippen LogP contribution in [-0.4, -0.2) is 34.4 Å². The highest BCUT2D eigenvalue weighted by atomic mass is 35.5. The molecule has 0 radical (unpaired) electrons. The van der Waals surface area contributed by atoms with E-state index in [9.17, 15) is 9.59 Å². The third-order valence-electron chi connectivity index (χ3n) is 5.45. The molecule has 2 amide bonds. The second kappa shape index (κ2) is 8.76. The molecule has 1 saturated heterocycles. The lowest BCUT2D eigenvalue weighted by atomic mass is 10.1. The molecule has 1 aliphatic heterocycles. The van der Waals surface area contributed by atoms with E-state index in [1.54, 1.807) is 35.2 Å². The molecule has 2 aromatic carbocycles. The number of benzene rings is 2. The SMILES string of the molecule is CCn1cc(C=C(NC(=O)c2ccccc2Cl)C(=O)N2CCCC2)c2ccccc21. The minimum atomic E-state index is -0.390. The summed E-state index contributed by atoms with van der Waals surface area (Å²) in [6.07, 6.45) is 5.76. The Kier molecular flexibility index (Phi) is 5.91. The minimum Gasteiger partial charge on any atom is -0.347 e. The Labute approximate surface area is 180 Å². The van der Waals surface area contributed by atoms with Crippen molar-refractivity contribution in [1.82, 2.24) is 14.8 Å². The summed E-state index contributed by atoms with van der Waals surface area (Å²) >= 11 is 6.19. The molecular formula is C24H24ClN3O2. The van der Waals surface area contributed by atoms with Crippen molar-refractivity contribution in [3.05, 3.63) is 76.6 Å². The lowest BCUT2D eigenvalue weighted by Gasteiger charge is -2.18. The van der Waals surface area contributed by atoms with Gasteiger partial charge in [-0.25, -0.2) is 0 Å². The van der Waals surface area contributed by atoms with Crippen molar-refractivity contribution in [2.45, 2.75) is 26.3 Å². The minimum absolute atomic E-state index is 0.166. The molecule has 3 aromatic rings. The second-order valence-electron chi connectivity index (χ2n) is 7.38. The predicted molar refractivity (Wildman–Crippen MR) is 120 cm³/mol. The number of likely N-dealkylation sites (tertiary alicyclic amines) is 1. The van der Waals surface area contributed by atoms with Crippen LogP contribution in [-0.2, 0) is 11.3 Å². The molecule has 0 aliphatic carbocycles. The van der Waals surface area contributed by atoms with Crippen LogP contribution in [0.2, 0.25) is 5.02 Å². The van der Waals surface area contributed by atoms with Crippen LogP contribution in [0.25, 0.3) is 17.0 Å². The topological polar surface area (TPSA) is 54.3 Å². The van der Waals surface area contributed by atoms with Gasteiger partial charge < -0.3 is 14.8 Å². The Bertz CT molecular complexity index is 1130. The summed E-state index contributed by atoms with van der Waals surface area (Å²) in [5.74, 6) is -0.556. The zero-order valence-electron chi connectivity index (χ0n) is 16.9. The van der Waals surface area contributed by atoms with Crippen LogP contribution in [0.4, 0.5) is 0 Å². The van der Waals surface area contributed by atoms with Crippen LogP contribution in [0.1, 0.15) is 35.7 Å². The molecule has 1 aromatic heterocycles. The lowest BCUT2D eigenvalue weighted by Crippen LogP contribution is -2.36. The fourth-order valence-corrected chi connectivity index (χ4v) is 4.11. The number of nitrogens with one attached hydrogen (secondary N) is 1. The number of para-hydroxylation sites is 1. The highest BCUT2D eigenvalue weighted by Gasteiger charge is 2.24. The maximum Gasteiger partial charge on any atom is 0.270 e. The third-order valence-corrected chi connectivity index (χ3v) is 5.78. The summed E-state index contributed by atoms with van der Waals surface area (Å²) in [5.41, 5.74) is 2.60. The number of halogens is 1. The number of carbonyl (C=O) groups excluding carboxylic acids is 2. The highest BCUT2D eigenvalue weighted by Crippen LogP contribution is 2.24. The highest BCUT2D eigenvalue weighted by molar-refractivity contribution is 6.34. The molecule has 4 rings (SSSR count). The first-order chi connectivity index (χ1) is 14.6. The van der Waals surface area contributed by atoms with Crippen LogP contribution in [0, 0.1) is 0 Å². The Balaban J connectivity index is 1.75. The van der Waals surface area contributed by atoms with E-state index in [1.807, 2.05) is 24.4 Å². The van der Waals surface area contributed by atoms with Crippen LogP contribution in [0.15, 0.2) is 60.4 Å². The molecule has 1 fully saturated rings. The number of rotatable bonds is 5. The first-order valence-corrected chi connectivity index (χ1v) is 10.6. The zero-order valence-corrected chi connectivity index (χ0v) is 17.7. The quantitative estimate of drug-likeness (QED) is 0.606. The third kappa shape index (κ3) is 3.98. The summed E-state index contributed by atoms with van der Waals surface area (Å²) < 4.78 is 2.13. The van der Waals surface area contributed by atoms with Crippen molar-refractivity contribution < 1.29 is 9.59 Å². The molecule has 2 heterocycles. The molecule has 154 valence electrons. The van der Waals surface area contributed by atoms with Gasteiger partial charge in [0.1, 0.15) is 5.70 Å². The Morgan fingerprint density at radius 1 is 1.07 bits per heavy atom. The summed E-state index contributed by atoms with van der Waals surface area (Å²) in [6, 6.07) is 14.9. The molecule has 0 saturated carbocycles. The van der Waals surface area contributed by atoms with E-state index < -0.39 is 5.91 Å². The first kappa shape index (κ1) is 20.2. The number of nitrogens with zero attached hydrogens (tertiary/aromatic N) is 2. The van der Waals surface area contributed by atoms with Gasteiger partial charge in [0.15, 0.2) is 0 Å². The molecule has 30 heavy (non-hydrogen) atoms. The van der Waals surface area contributed by atoms with Crippen molar-refractivity contribution in [1.29, 1.82) is 0 Å². The van der Waals surface area contributed by atoms with E-state index in [0.29, 0.717) is 23.7 Å². The van der Waals surface area contributed by atoms with Gasteiger partial charge in [-0.05, 0) is 44.0 Å². The van der Waals surface area contributed by atoms with Crippen molar-refractivity contribution in [3.8, 4) is 0 Å². The van der Waals surface area contributed by atoms with E-state index in [4.69, 9.17) is 11.6 Å². The number of hydrogen-bond acceptors (Lipinski definition) is 2. The zero-order chi connectivity index (χ0) is 21.1. The maximum atomic E-state index is 13.2. The van der Waals surface area contributed by atoms with Gasteiger partial charge in [-0.15, -0.1) is 0 Å². The van der Waals surface area contributed by atoms with Crippen molar-refractivity contribution >= 4 is 40.4 Å². The predicted octanol–water partition coefficient (Wildman–Crippen LogP) is 4.71. The van der Waals surface area contributed by atoms with E-state index in [-0.39, 0.29) is 11.6 Å². The van der Waals surface area contributed by atoms with E-state index in [2.05, 4.69) is 22.9 Å². The summed E-state index contributed by atoms with van der Waals surface area (Å²) in [6.45, 7) is 4.30. The first-order valence-electron chi connectivity index (χ1n) is 10.2. The monoisotopic (exact) mass is 421 g/mol. The average Bonchev–Trinajstić information content (AvgIpc) is 3.41. The van der Waals surface area contributed by atoms with Gasteiger partial charge in [0.25, 0.3) is 11.8 Å². The van der Waals surface area contributed by atoms with Crippen LogP contribution >= 0.6 is 11.6 Å². The fourth-order valence-electron chi connectivity index (χ4n) is 3.88. The number of amides is 2. The molecule has 0 bridgehead atoms. The normalized spacial score (nSPS) is 14.3. The van der Waals surface area contributed by atoms with Gasteiger partial charge >= 0.3 is 0 Å². The van der Waals surface area contributed by atoms with Gasteiger partial charge in [0.2, 0.25) is 0 Å². The van der Waals surface area contributed by atoms with Gasteiger partial charge in [-0.1, -0.05) is 41.9 Å². The van der Waals surface area contributed by atoms with Gasteiger partial charge in [-0.3, -0.25) is 9.59 Å². The van der Waals surface area contributed by atoms with Crippen LogP contribution < -0.4 is 5.32 Å².